The van der Waals surface area contributed by atoms with Gasteiger partial charge < -0.3 is 15.3 Å². The number of hydrogen-bond acceptors (Lipinski definition) is 3. The summed E-state index contributed by atoms with van der Waals surface area (Å²) in [6.45, 7) is -0.500. The van der Waals surface area contributed by atoms with Crippen LogP contribution in [0, 0.1) is 0 Å². The molecule has 3 nitrogen and oxygen atoms in total. The predicted molar refractivity (Wildman–Crippen MR) is 57.2 cm³/mol. The summed E-state index contributed by atoms with van der Waals surface area (Å²) in [6, 6.07) is 4.95. The number of hydrogen-bond donors (Lipinski definition) is 3. The van der Waals surface area contributed by atoms with Gasteiger partial charge in [-0.3, -0.25) is 0 Å². The molecule has 0 spiro atoms. The van der Waals surface area contributed by atoms with Gasteiger partial charge in [0.1, 0.15) is 12.2 Å². The second-order valence-electron chi connectivity index (χ2n) is 2.84. The van der Waals surface area contributed by atoms with Gasteiger partial charge in [0.2, 0.25) is 0 Å². The molecule has 0 amide bonds. The monoisotopic (exact) mass is 280 g/mol. The molecular weight excluding hydrogens is 271 g/mol. The molecule has 0 saturated carbocycles. The van der Waals surface area contributed by atoms with E-state index >= 15 is 0 Å². The first-order chi connectivity index (χ1) is 6.57. The van der Waals surface area contributed by atoms with E-state index in [1.165, 1.54) is 0 Å². The van der Waals surface area contributed by atoms with Crippen molar-refractivity contribution in [2.45, 2.75) is 12.2 Å². The van der Waals surface area contributed by atoms with Gasteiger partial charge in [0.25, 0.3) is 0 Å². The van der Waals surface area contributed by atoms with Crippen molar-refractivity contribution in [2.24, 2.45) is 0 Å². The number of benzene rings is 1. The summed E-state index contributed by atoms with van der Waals surface area (Å²) in [4.78, 5) is 0. The number of halogens is 2. The normalized spacial score (nSPS) is 15.2. The third kappa shape index (κ3) is 2.46. The van der Waals surface area contributed by atoms with E-state index in [0.717, 1.165) is 0 Å². The first kappa shape index (κ1) is 11.9. The van der Waals surface area contributed by atoms with Gasteiger partial charge in [-0.25, -0.2) is 0 Å². The van der Waals surface area contributed by atoms with Gasteiger partial charge in [-0.2, -0.15) is 0 Å². The molecule has 14 heavy (non-hydrogen) atoms. The zero-order chi connectivity index (χ0) is 10.7. The molecular formula is C9H10BrClO3. The Balaban J connectivity index is 3.01. The molecule has 0 aliphatic carbocycles. The first-order valence-electron chi connectivity index (χ1n) is 3.98. The Bertz CT molecular complexity index is 319. The maximum absolute atomic E-state index is 9.60. The van der Waals surface area contributed by atoms with Gasteiger partial charge in [-0.15, -0.1) is 0 Å². The second-order valence-corrected chi connectivity index (χ2v) is 4.04. The minimum Gasteiger partial charge on any atom is -0.394 e. The van der Waals surface area contributed by atoms with Gasteiger partial charge in [0.15, 0.2) is 0 Å². The number of rotatable bonds is 3. The summed E-state index contributed by atoms with van der Waals surface area (Å²) >= 11 is 9.00. The van der Waals surface area contributed by atoms with Crippen molar-refractivity contribution in [3.8, 4) is 0 Å². The van der Waals surface area contributed by atoms with Crippen LogP contribution in [0.5, 0.6) is 0 Å². The van der Waals surface area contributed by atoms with Gasteiger partial charge in [0.05, 0.1) is 11.6 Å². The zero-order valence-corrected chi connectivity index (χ0v) is 9.53. The molecule has 0 heterocycles. The van der Waals surface area contributed by atoms with Crippen molar-refractivity contribution in [2.75, 3.05) is 6.61 Å². The van der Waals surface area contributed by atoms with Crippen molar-refractivity contribution >= 4 is 27.5 Å². The van der Waals surface area contributed by atoms with E-state index in [-0.39, 0.29) is 0 Å². The summed E-state index contributed by atoms with van der Waals surface area (Å²) in [6.07, 6.45) is -2.35. The van der Waals surface area contributed by atoms with Crippen LogP contribution < -0.4 is 0 Å². The number of aliphatic hydroxyl groups is 3. The lowest BCUT2D eigenvalue weighted by atomic mass is 10.1. The first-order valence-corrected chi connectivity index (χ1v) is 5.16. The molecule has 5 heteroatoms. The van der Waals surface area contributed by atoms with Crippen LogP contribution in [-0.4, -0.2) is 28.0 Å². The average molecular weight is 282 g/mol. The lowest BCUT2D eigenvalue weighted by molar-refractivity contribution is -0.0155. The smallest absolute Gasteiger partial charge is 0.108 e. The van der Waals surface area contributed by atoms with E-state index in [0.29, 0.717) is 15.1 Å². The average Bonchev–Trinajstić information content (AvgIpc) is 2.20. The van der Waals surface area contributed by atoms with Crippen LogP contribution in [0.4, 0.5) is 0 Å². The largest absolute Gasteiger partial charge is 0.394 e. The highest BCUT2D eigenvalue weighted by Gasteiger charge is 2.20. The maximum Gasteiger partial charge on any atom is 0.108 e. The summed E-state index contributed by atoms with van der Waals surface area (Å²) < 4.78 is 0.529. The van der Waals surface area contributed by atoms with E-state index in [9.17, 15) is 10.2 Å². The topological polar surface area (TPSA) is 60.7 Å². The minimum atomic E-state index is -1.20. The quantitative estimate of drug-likeness (QED) is 0.787. The standard InChI is InChI=1S/C9H10BrClO3/c10-8-5(2-1-3-6(8)11)9(14)7(13)4-12/h1-3,7,9,12-14H,4H2. The predicted octanol–water partition coefficient (Wildman–Crippen LogP) is 1.49. The van der Waals surface area contributed by atoms with E-state index in [4.69, 9.17) is 16.7 Å². The maximum atomic E-state index is 9.60. The molecule has 2 unspecified atom stereocenters. The third-order valence-electron chi connectivity index (χ3n) is 1.85. The van der Waals surface area contributed by atoms with Crippen LogP contribution in [0.1, 0.15) is 11.7 Å². The van der Waals surface area contributed by atoms with Crippen LogP contribution in [-0.2, 0) is 0 Å². The van der Waals surface area contributed by atoms with Crippen molar-refractivity contribution < 1.29 is 15.3 Å². The third-order valence-corrected chi connectivity index (χ3v) is 3.28. The Morgan fingerprint density at radius 3 is 2.57 bits per heavy atom. The lowest BCUT2D eigenvalue weighted by Gasteiger charge is -2.17. The highest BCUT2D eigenvalue weighted by Crippen LogP contribution is 2.31. The molecule has 0 aliphatic rings. The van der Waals surface area contributed by atoms with Crippen LogP contribution in [0.25, 0.3) is 0 Å². The Hall–Kier alpha value is -0.130. The van der Waals surface area contributed by atoms with Gasteiger partial charge in [0, 0.05) is 4.47 Å². The summed E-state index contributed by atoms with van der Waals surface area (Å²) in [5, 5.41) is 27.9. The molecule has 2 atom stereocenters. The summed E-state index contributed by atoms with van der Waals surface area (Å²) in [5.41, 5.74) is 0.457. The van der Waals surface area contributed by atoms with Crippen molar-refractivity contribution in [1.82, 2.24) is 0 Å². The zero-order valence-electron chi connectivity index (χ0n) is 7.19. The molecule has 0 radical (unpaired) electrons. The fraction of sp³-hybridized carbons (Fsp3) is 0.333. The van der Waals surface area contributed by atoms with E-state index in [1.807, 2.05) is 0 Å². The molecule has 1 rings (SSSR count). The van der Waals surface area contributed by atoms with Crippen LogP contribution in [0.3, 0.4) is 0 Å². The second kappa shape index (κ2) is 5.09. The molecule has 1 aromatic carbocycles. The van der Waals surface area contributed by atoms with Gasteiger partial charge in [-0.1, -0.05) is 23.7 Å². The van der Waals surface area contributed by atoms with E-state index in [1.54, 1.807) is 18.2 Å². The summed E-state index contributed by atoms with van der Waals surface area (Å²) in [5.74, 6) is 0. The van der Waals surface area contributed by atoms with Crippen LogP contribution in [0.15, 0.2) is 22.7 Å². The van der Waals surface area contributed by atoms with E-state index in [2.05, 4.69) is 15.9 Å². The highest BCUT2D eigenvalue weighted by atomic mass is 79.9. The fourth-order valence-corrected chi connectivity index (χ4v) is 1.74. The van der Waals surface area contributed by atoms with Gasteiger partial charge >= 0.3 is 0 Å². The fourth-order valence-electron chi connectivity index (χ4n) is 1.06. The molecule has 78 valence electrons. The molecule has 1 aromatic rings. The van der Waals surface area contributed by atoms with Crippen LogP contribution in [0.2, 0.25) is 5.02 Å². The molecule has 0 aliphatic heterocycles. The Morgan fingerprint density at radius 2 is 2.00 bits per heavy atom. The molecule has 0 fully saturated rings. The Kier molecular flexibility index (Phi) is 4.34. The molecule has 0 aromatic heterocycles. The van der Waals surface area contributed by atoms with Crippen molar-refractivity contribution in [1.29, 1.82) is 0 Å². The molecule has 3 N–H and O–H groups in total. The van der Waals surface area contributed by atoms with Crippen molar-refractivity contribution in [3.05, 3.63) is 33.3 Å². The Morgan fingerprint density at radius 1 is 1.36 bits per heavy atom. The SMILES string of the molecule is OCC(O)C(O)c1cccc(Cl)c1Br. The van der Waals surface area contributed by atoms with E-state index < -0.39 is 18.8 Å². The highest BCUT2D eigenvalue weighted by molar-refractivity contribution is 9.10. The van der Waals surface area contributed by atoms with Gasteiger partial charge in [-0.05, 0) is 27.6 Å². The number of aliphatic hydroxyl groups excluding tert-OH is 3. The molecule has 0 bridgehead atoms. The van der Waals surface area contributed by atoms with Crippen molar-refractivity contribution in [3.63, 3.8) is 0 Å². The van der Waals surface area contributed by atoms with Crippen LogP contribution >= 0.6 is 27.5 Å². The lowest BCUT2D eigenvalue weighted by Crippen LogP contribution is -2.22. The Labute approximate surface area is 95.1 Å². The minimum absolute atomic E-state index is 0.451. The summed E-state index contributed by atoms with van der Waals surface area (Å²) in [7, 11) is 0. The molecule has 0 saturated heterocycles.